The Bertz CT molecular complexity index is 2510. The van der Waals surface area contributed by atoms with E-state index in [2.05, 4.69) is 31.7 Å². The average molecular weight is 822 g/mol. The Morgan fingerprint density at radius 1 is 0.639 bits per heavy atom. The maximum Gasteiger partial charge on any atom is 0.407 e. The highest BCUT2D eigenvalue weighted by Crippen LogP contribution is 2.36. The lowest BCUT2D eigenvalue weighted by atomic mass is 10.0. The van der Waals surface area contributed by atoms with Crippen molar-refractivity contribution in [2.75, 3.05) is 27.3 Å². The fourth-order valence-electron chi connectivity index (χ4n) is 8.32. The molecule has 15 heteroatoms. The van der Waals surface area contributed by atoms with E-state index in [-0.39, 0.29) is 23.9 Å². The van der Waals surface area contributed by atoms with E-state index in [1.807, 2.05) is 98.0 Å². The van der Waals surface area contributed by atoms with Gasteiger partial charge >= 0.3 is 12.2 Å². The number of pyridine rings is 1. The van der Waals surface area contributed by atoms with Gasteiger partial charge in [0.15, 0.2) is 0 Å². The highest BCUT2D eigenvalue weighted by atomic mass is 16.5. The van der Waals surface area contributed by atoms with Crippen molar-refractivity contribution in [1.82, 2.24) is 45.4 Å². The van der Waals surface area contributed by atoms with Crippen molar-refractivity contribution in [1.29, 1.82) is 0 Å². The van der Waals surface area contributed by atoms with Gasteiger partial charge in [-0.15, -0.1) is 0 Å². The second kappa shape index (κ2) is 17.9. The number of ether oxygens (including phenoxy) is 2. The molecule has 2 saturated heterocycles. The van der Waals surface area contributed by atoms with Gasteiger partial charge in [0.25, 0.3) is 11.8 Å². The number of rotatable bonds is 11. The summed E-state index contributed by atoms with van der Waals surface area (Å²) in [6, 6.07) is 26.1. The third-order valence-corrected chi connectivity index (χ3v) is 11.4. The van der Waals surface area contributed by atoms with Gasteiger partial charge in [-0.1, -0.05) is 72.8 Å². The minimum Gasteiger partial charge on any atom is -0.453 e. The van der Waals surface area contributed by atoms with Crippen molar-refractivity contribution in [3.05, 3.63) is 138 Å². The fraction of sp³-hybridized carbons (Fsp3) is 0.283. The minimum atomic E-state index is -0.895. The normalized spacial score (nSPS) is 17.1. The zero-order valence-electron chi connectivity index (χ0n) is 34.1. The Balaban J connectivity index is 0.946. The van der Waals surface area contributed by atoms with Crippen molar-refractivity contribution < 1.29 is 28.7 Å². The van der Waals surface area contributed by atoms with E-state index in [1.165, 1.54) is 14.2 Å². The van der Waals surface area contributed by atoms with E-state index in [4.69, 9.17) is 19.4 Å². The topological polar surface area (TPSA) is 188 Å². The standard InChI is InChI=1S/C46H47N9O6/c1-28-24-31(35-26-48-41(50-35)37-16-10-22-54(37)43(56)39(52-45(58)60-2)29-12-6-4-7-13-29)18-20-33(28)34-21-19-32(25-47-34)36-27-49-42(51-36)38-17-11-23-55(38)44(57)40(53-46(59)61-3)30-14-8-5-9-15-30/h4-9,12-15,18-21,24-27,37-40H,10-11,16-17,22-23H2,1-3H3,(H,48,50)(H,49,51)(H,52,58)(H,53,59)/t37-,38-,39-,40+/m0/s1. The van der Waals surface area contributed by atoms with Crippen LogP contribution in [0.3, 0.4) is 0 Å². The minimum absolute atomic E-state index is 0.222. The smallest absolute Gasteiger partial charge is 0.407 e. The van der Waals surface area contributed by atoms with E-state index in [1.54, 1.807) is 22.2 Å². The van der Waals surface area contributed by atoms with E-state index >= 15 is 0 Å². The summed E-state index contributed by atoms with van der Waals surface area (Å²) < 4.78 is 9.66. The summed E-state index contributed by atoms with van der Waals surface area (Å²) in [5.41, 5.74) is 7.55. The third-order valence-electron chi connectivity index (χ3n) is 11.4. The van der Waals surface area contributed by atoms with Crippen LogP contribution in [0.25, 0.3) is 33.8 Å². The summed E-state index contributed by atoms with van der Waals surface area (Å²) in [6.45, 7) is 3.12. The quantitative estimate of drug-likeness (QED) is 0.104. The summed E-state index contributed by atoms with van der Waals surface area (Å²) >= 11 is 0. The molecule has 0 radical (unpaired) electrons. The second-order valence-electron chi connectivity index (χ2n) is 15.2. The zero-order valence-corrected chi connectivity index (χ0v) is 34.1. The Hall–Kier alpha value is -7.29. The largest absolute Gasteiger partial charge is 0.453 e. The first-order valence-electron chi connectivity index (χ1n) is 20.3. The number of aromatic amines is 2. The van der Waals surface area contributed by atoms with Crippen LogP contribution in [0.5, 0.6) is 0 Å². The van der Waals surface area contributed by atoms with Crippen LogP contribution in [-0.4, -0.2) is 86.0 Å². The van der Waals surface area contributed by atoms with Crippen molar-refractivity contribution in [2.45, 2.75) is 56.8 Å². The predicted molar refractivity (Wildman–Crippen MR) is 226 cm³/mol. The number of aromatic nitrogens is 5. The first-order valence-corrected chi connectivity index (χ1v) is 20.3. The number of alkyl carbamates (subject to hydrolysis) is 2. The number of amides is 4. The lowest BCUT2D eigenvalue weighted by molar-refractivity contribution is -0.135. The number of hydrogen-bond donors (Lipinski definition) is 4. The Labute approximate surface area is 352 Å². The molecule has 0 unspecified atom stereocenters. The van der Waals surface area contributed by atoms with Crippen LogP contribution >= 0.6 is 0 Å². The molecule has 3 aromatic carbocycles. The van der Waals surface area contributed by atoms with Crippen LogP contribution in [0.4, 0.5) is 9.59 Å². The number of benzene rings is 3. The van der Waals surface area contributed by atoms with Crippen molar-refractivity contribution in [2.24, 2.45) is 0 Å². The van der Waals surface area contributed by atoms with Crippen molar-refractivity contribution in [3.63, 3.8) is 0 Å². The molecule has 6 aromatic rings. The molecule has 61 heavy (non-hydrogen) atoms. The van der Waals surface area contributed by atoms with Crippen LogP contribution in [-0.2, 0) is 19.1 Å². The van der Waals surface area contributed by atoms with Gasteiger partial charge in [-0.05, 0) is 73.1 Å². The third kappa shape index (κ3) is 8.58. The molecule has 2 aliphatic rings. The summed E-state index contributed by atoms with van der Waals surface area (Å²) in [6.07, 6.45) is 7.08. The SMILES string of the molecule is COC(=O)N[C@H](C(=O)N1CCC[C@H]1c1ncc(-c2ccc(-c3ccc(-c4cnc([C@@H]5CCCN5C(=O)[C@H](NC(=O)OC)c5ccccc5)[nH]4)cn3)c(C)c2)[nH]1)c1ccccc1. The van der Waals surface area contributed by atoms with Gasteiger partial charge in [-0.3, -0.25) is 14.6 Å². The van der Waals surface area contributed by atoms with Gasteiger partial charge in [0.1, 0.15) is 23.7 Å². The molecule has 4 atom stereocenters. The molecule has 4 N–H and O–H groups in total. The summed E-state index contributed by atoms with van der Waals surface area (Å²) in [5.74, 6) is 0.904. The monoisotopic (exact) mass is 821 g/mol. The highest BCUT2D eigenvalue weighted by Gasteiger charge is 2.38. The van der Waals surface area contributed by atoms with E-state index < -0.39 is 24.3 Å². The number of carbonyl (C=O) groups is 4. The van der Waals surface area contributed by atoms with Gasteiger partial charge < -0.3 is 39.9 Å². The first kappa shape index (κ1) is 40.5. The number of imidazole rings is 2. The number of aryl methyl sites for hydroxylation is 1. The van der Waals surface area contributed by atoms with Crippen molar-refractivity contribution in [3.8, 4) is 33.8 Å². The highest BCUT2D eigenvalue weighted by molar-refractivity contribution is 5.88. The summed E-state index contributed by atoms with van der Waals surface area (Å²) in [4.78, 5) is 77.0. The number of H-pyrrole nitrogens is 2. The van der Waals surface area contributed by atoms with Gasteiger partial charge in [0, 0.05) is 30.4 Å². The fourth-order valence-corrected chi connectivity index (χ4v) is 8.32. The van der Waals surface area contributed by atoms with E-state index in [0.717, 1.165) is 65.0 Å². The number of methoxy groups -OCH3 is 2. The first-order chi connectivity index (χ1) is 29.7. The molecular formula is C46H47N9O6. The van der Waals surface area contributed by atoms with Gasteiger partial charge in [0.2, 0.25) is 0 Å². The Morgan fingerprint density at radius 2 is 1.13 bits per heavy atom. The van der Waals surface area contributed by atoms with Crippen LogP contribution in [0, 0.1) is 6.92 Å². The van der Waals surface area contributed by atoms with Crippen LogP contribution in [0.15, 0.2) is 110 Å². The molecule has 2 fully saturated rings. The number of likely N-dealkylation sites (tertiary alicyclic amines) is 2. The molecule has 4 amide bonds. The lowest BCUT2D eigenvalue weighted by Gasteiger charge is -2.28. The van der Waals surface area contributed by atoms with Crippen LogP contribution in [0.2, 0.25) is 0 Å². The molecule has 3 aromatic heterocycles. The number of nitrogens with zero attached hydrogens (tertiary/aromatic N) is 5. The van der Waals surface area contributed by atoms with E-state index in [9.17, 15) is 19.2 Å². The molecular weight excluding hydrogens is 775 g/mol. The summed E-state index contributed by atoms with van der Waals surface area (Å²) in [7, 11) is 2.55. The molecule has 5 heterocycles. The van der Waals surface area contributed by atoms with Crippen LogP contribution < -0.4 is 10.6 Å². The van der Waals surface area contributed by atoms with Crippen LogP contribution in [0.1, 0.15) is 78.2 Å². The predicted octanol–water partition coefficient (Wildman–Crippen LogP) is 7.36. The maximum absolute atomic E-state index is 13.9. The van der Waals surface area contributed by atoms with Crippen molar-refractivity contribution >= 4 is 24.0 Å². The Kier molecular flexibility index (Phi) is 11.9. The number of hydrogen-bond acceptors (Lipinski definition) is 9. The second-order valence-corrected chi connectivity index (χ2v) is 15.2. The molecule has 0 aliphatic carbocycles. The number of carbonyl (C=O) groups excluding carboxylic acids is 4. The Morgan fingerprint density at radius 3 is 1.59 bits per heavy atom. The molecule has 312 valence electrons. The number of nitrogens with one attached hydrogen (secondary N) is 4. The average Bonchev–Trinajstić information content (AvgIpc) is 4.15. The lowest BCUT2D eigenvalue weighted by Crippen LogP contribution is -2.42. The molecule has 0 spiro atoms. The maximum atomic E-state index is 13.9. The molecule has 8 rings (SSSR count). The van der Waals surface area contributed by atoms with Gasteiger partial charge in [-0.25, -0.2) is 19.6 Å². The van der Waals surface area contributed by atoms with E-state index in [0.29, 0.717) is 35.9 Å². The molecule has 15 nitrogen and oxygen atoms in total. The summed E-state index contributed by atoms with van der Waals surface area (Å²) in [5, 5.41) is 5.42. The molecule has 0 saturated carbocycles. The molecule has 2 aliphatic heterocycles. The zero-order chi connectivity index (χ0) is 42.5. The van der Waals surface area contributed by atoms with Gasteiger partial charge in [0.05, 0.1) is 55.8 Å². The molecule has 0 bridgehead atoms. The van der Waals surface area contributed by atoms with Gasteiger partial charge in [-0.2, -0.15) is 0 Å².